The second kappa shape index (κ2) is 10.4. The fourth-order valence-electron chi connectivity index (χ4n) is 3.80. The van der Waals surface area contributed by atoms with E-state index in [4.69, 9.17) is 18.7 Å². The number of hydrogen-bond acceptors (Lipinski definition) is 9. The quantitative estimate of drug-likeness (QED) is 0.568. The largest absolute Gasteiger partial charge is 0.493 e. The average Bonchev–Trinajstić information content (AvgIpc) is 3.15. The minimum Gasteiger partial charge on any atom is -0.493 e. The van der Waals surface area contributed by atoms with Gasteiger partial charge in [0.05, 0.1) is 21.3 Å². The van der Waals surface area contributed by atoms with E-state index in [1.165, 1.54) is 25.6 Å². The van der Waals surface area contributed by atoms with Crippen LogP contribution in [0.25, 0.3) is 0 Å². The van der Waals surface area contributed by atoms with Gasteiger partial charge in [0.25, 0.3) is 0 Å². The minimum atomic E-state index is -3.66. The van der Waals surface area contributed by atoms with E-state index < -0.39 is 10.0 Å². The summed E-state index contributed by atoms with van der Waals surface area (Å²) in [5, 5.41) is 6.59. The number of piperazine rings is 1. The van der Waals surface area contributed by atoms with Crippen LogP contribution in [-0.2, 0) is 14.8 Å². The maximum atomic E-state index is 12.9. The van der Waals surface area contributed by atoms with Gasteiger partial charge in [-0.2, -0.15) is 4.31 Å². The van der Waals surface area contributed by atoms with Crippen LogP contribution in [0.1, 0.15) is 17.9 Å². The molecule has 2 aromatic rings. The van der Waals surface area contributed by atoms with Crippen molar-refractivity contribution in [1.29, 1.82) is 0 Å². The lowest BCUT2D eigenvalue weighted by atomic mass is 10.2. The summed E-state index contributed by atoms with van der Waals surface area (Å²) < 4.78 is 48.2. The Morgan fingerprint density at radius 3 is 2.15 bits per heavy atom. The summed E-state index contributed by atoms with van der Waals surface area (Å²) in [6.45, 7) is 5.44. The maximum absolute atomic E-state index is 12.9. The number of anilines is 1. The Hall–Kier alpha value is -2.83. The number of carbonyl (C=O) groups excluding carboxylic acids is 1. The molecular formula is C21H30N4O7S. The molecule has 1 aromatic heterocycles. The maximum Gasteiger partial charge on any atom is 0.248 e. The van der Waals surface area contributed by atoms with Crippen molar-refractivity contribution in [3.8, 4) is 17.2 Å². The molecule has 1 aliphatic heterocycles. The Kier molecular flexibility index (Phi) is 7.82. The molecule has 0 radical (unpaired) electrons. The van der Waals surface area contributed by atoms with Gasteiger partial charge in [-0.25, -0.2) is 8.42 Å². The van der Waals surface area contributed by atoms with Gasteiger partial charge in [-0.3, -0.25) is 4.79 Å². The topological polar surface area (TPSA) is 123 Å². The van der Waals surface area contributed by atoms with Gasteiger partial charge in [0, 0.05) is 57.0 Å². The number of nitrogens with zero attached hydrogens (tertiary/aromatic N) is 3. The van der Waals surface area contributed by atoms with Crippen LogP contribution in [0.15, 0.2) is 21.6 Å². The molecule has 0 aliphatic carbocycles. The summed E-state index contributed by atoms with van der Waals surface area (Å²) >= 11 is 0. The van der Waals surface area contributed by atoms with E-state index in [-0.39, 0.29) is 17.2 Å². The normalized spacial score (nSPS) is 15.3. The molecule has 182 valence electrons. The molecule has 33 heavy (non-hydrogen) atoms. The van der Waals surface area contributed by atoms with Gasteiger partial charge in [0.15, 0.2) is 17.3 Å². The van der Waals surface area contributed by atoms with Crippen molar-refractivity contribution >= 4 is 21.6 Å². The first-order valence-corrected chi connectivity index (χ1v) is 11.9. The number of nitrogens with one attached hydrogen (secondary N) is 1. The molecule has 1 amide bonds. The van der Waals surface area contributed by atoms with Crippen LogP contribution in [0.5, 0.6) is 17.2 Å². The Bertz CT molecular complexity index is 1050. The molecule has 1 saturated heterocycles. The van der Waals surface area contributed by atoms with Gasteiger partial charge in [-0.05, 0) is 13.8 Å². The highest BCUT2D eigenvalue weighted by atomic mass is 32.2. The van der Waals surface area contributed by atoms with Crippen LogP contribution in [0, 0.1) is 13.8 Å². The third-order valence-electron chi connectivity index (χ3n) is 5.50. The van der Waals surface area contributed by atoms with Gasteiger partial charge in [-0.1, -0.05) is 5.16 Å². The second-order valence-electron chi connectivity index (χ2n) is 7.61. The van der Waals surface area contributed by atoms with Crippen molar-refractivity contribution in [2.75, 3.05) is 59.4 Å². The highest BCUT2D eigenvalue weighted by Crippen LogP contribution is 2.39. The number of rotatable bonds is 9. The summed E-state index contributed by atoms with van der Waals surface area (Å²) in [4.78, 5) is 14.7. The first-order chi connectivity index (χ1) is 15.7. The highest BCUT2D eigenvalue weighted by molar-refractivity contribution is 7.89. The van der Waals surface area contributed by atoms with Crippen LogP contribution < -0.4 is 19.5 Å². The van der Waals surface area contributed by atoms with E-state index >= 15 is 0 Å². The van der Waals surface area contributed by atoms with Gasteiger partial charge in [0.1, 0.15) is 10.6 Å². The SMILES string of the molecule is COc1cc(NC(=O)CCN2CCN(S(=O)(=O)c3c(C)noc3C)CC2)cc(OC)c1OC. The van der Waals surface area contributed by atoms with Crippen LogP contribution in [-0.4, -0.2) is 82.7 Å². The number of sulfonamides is 1. The number of aromatic nitrogens is 1. The van der Waals surface area contributed by atoms with Crippen LogP contribution in [0.2, 0.25) is 0 Å². The molecule has 0 bridgehead atoms. The lowest BCUT2D eigenvalue weighted by Crippen LogP contribution is -2.49. The van der Waals surface area contributed by atoms with E-state index in [1.54, 1.807) is 26.0 Å². The van der Waals surface area contributed by atoms with Gasteiger partial charge in [-0.15, -0.1) is 0 Å². The highest BCUT2D eigenvalue weighted by Gasteiger charge is 2.33. The summed E-state index contributed by atoms with van der Waals surface area (Å²) in [6, 6.07) is 3.33. The fraction of sp³-hybridized carbons (Fsp3) is 0.524. The van der Waals surface area contributed by atoms with Crippen molar-refractivity contribution in [3.63, 3.8) is 0 Å². The van der Waals surface area contributed by atoms with E-state index in [9.17, 15) is 13.2 Å². The Morgan fingerprint density at radius 1 is 1.06 bits per heavy atom. The molecule has 1 aromatic carbocycles. The third-order valence-corrected chi connectivity index (χ3v) is 7.64. The van der Waals surface area contributed by atoms with Gasteiger partial charge < -0.3 is 29.0 Å². The number of carbonyl (C=O) groups is 1. The standard InChI is InChI=1S/C21H30N4O7S/c1-14-21(15(2)32-23-14)33(27,28)25-10-8-24(9-11-25)7-6-19(26)22-16-12-17(29-3)20(31-5)18(13-16)30-4/h12-13H,6-11H2,1-5H3,(H,22,26). The third kappa shape index (κ3) is 5.40. The first kappa shape index (κ1) is 24.8. The molecule has 0 spiro atoms. The zero-order valence-corrected chi connectivity index (χ0v) is 20.3. The first-order valence-electron chi connectivity index (χ1n) is 10.5. The van der Waals surface area contributed by atoms with Crippen molar-refractivity contribution in [2.24, 2.45) is 0 Å². The van der Waals surface area contributed by atoms with Crippen LogP contribution in [0.3, 0.4) is 0 Å². The summed E-state index contributed by atoms with van der Waals surface area (Å²) in [5.74, 6) is 1.46. The van der Waals surface area contributed by atoms with Gasteiger partial charge in [0.2, 0.25) is 21.7 Å². The Labute approximate surface area is 193 Å². The molecule has 0 saturated carbocycles. The monoisotopic (exact) mass is 482 g/mol. The fourth-order valence-corrected chi connectivity index (χ4v) is 5.52. The number of hydrogen-bond donors (Lipinski definition) is 1. The van der Waals surface area contributed by atoms with E-state index in [0.717, 1.165) is 0 Å². The Morgan fingerprint density at radius 2 is 1.67 bits per heavy atom. The number of methoxy groups -OCH3 is 3. The van der Waals surface area contributed by atoms with E-state index in [2.05, 4.69) is 15.4 Å². The minimum absolute atomic E-state index is 0.140. The number of benzene rings is 1. The summed E-state index contributed by atoms with van der Waals surface area (Å²) in [7, 11) is 0.871. The molecule has 0 unspecified atom stereocenters. The van der Waals surface area contributed by atoms with Crippen molar-refractivity contribution in [1.82, 2.24) is 14.4 Å². The summed E-state index contributed by atoms with van der Waals surface area (Å²) in [5.41, 5.74) is 0.892. The second-order valence-corrected chi connectivity index (χ2v) is 9.49. The molecule has 2 heterocycles. The van der Waals surface area contributed by atoms with Crippen LogP contribution >= 0.6 is 0 Å². The molecule has 0 atom stereocenters. The zero-order chi connectivity index (χ0) is 24.2. The lowest BCUT2D eigenvalue weighted by molar-refractivity contribution is -0.116. The molecule has 12 heteroatoms. The molecule has 3 rings (SSSR count). The molecule has 11 nitrogen and oxygen atoms in total. The lowest BCUT2D eigenvalue weighted by Gasteiger charge is -2.33. The molecule has 1 N–H and O–H groups in total. The number of aryl methyl sites for hydroxylation is 2. The zero-order valence-electron chi connectivity index (χ0n) is 19.5. The van der Waals surface area contributed by atoms with Crippen molar-refractivity contribution in [2.45, 2.75) is 25.2 Å². The predicted molar refractivity (Wildman–Crippen MR) is 121 cm³/mol. The van der Waals surface area contributed by atoms with Crippen molar-refractivity contribution in [3.05, 3.63) is 23.6 Å². The smallest absolute Gasteiger partial charge is 0.248 e. The Balaban J connectivity index is 1.54. The summed E-state index contributed by atoms with van der Waals surface area (Å²) in [6.07, 6.45) is 0.257. The average molecular weight is 483 g/mol. The predicted octanol–water partition coefficient (Wildman–Crippen LogP) is 1.65. The van der Waals surface area contributed by atoms with Crippen LogP contribution in [0.4, 0.5) is 5.69 Å². The molecule has 1 aliphatic rings. The number of amides is 1. The van der Waals surface area contributed by atoms with E-state index in [0.29, 0.717) is 67.1 Å². The number of ether oxygens (including phenoxy) is 3. The molecular weight excluding hydrogens is 452 g/mol. The van der Waals surface area contributed by atoms with E-state index in [1.807, 2.05) is 0 Å². The van der Waals surface area contributed by atoms with Crippen molar-refractivity contribution < 1.29 is 31.9 Å². The molecule has 1 fully saturated rings. The van der Waals surface area contributed by atoms with Gasteiger partial charge >= 0.3 is 0 Å².